The molecule has 0 saturated carbocycles. The number of hydrogen-bond acceptors (Lipinski definition) is 4. The Balaban J connectivity index is 1.94. The third kappa shape index (κ3) is 9.86. The van der Waals surface area contributed by atoms with Gasteiger partial charge in [0.2, 0.25) is 21.8 Å². The smallest absolute Gasteiger partial charge is 0.243 e. The van der Waals surface area contributed by atoms with Gasteiger partial charge in [-0.25, -0.2) is 8.42 Å². The Morgan fingerprint density at radius 1 is 0.953 bits per heavy atom. The lowest BCUT2D eigenvalue weighted by Gasteiger charge is -2.33. The lowest BCUT2D eigenvalue weighted by molar-refractivity contribution is -0.141. The third-order valence-corrected chi connectivity index (χ3v) is 9.46. The van der Waals surface area contributed by atoms with Crippen LogP contribution in [0.2, 0.25) is 15.1 Å². The van der Waals surface area contributed by atoms with Crippen molar-refractivity contribution in [2.24, 2.45) is 0 Å². The highest BCUT2D eigenvalue weighted by Crippen LogP contribution is 2.29. The number of nitrogens with one attached hydrogen (secondary N) is 1. The highest BCUT2D eigenvalue weighted by atomic mass is 35.5. The molecule has 0 aliphatic carbocycles. The average Bonchev–Trinajstić information content (AvgIpc) is 2.95. The first-order valence-electron chi connectivity index (χ1n) is 14.1. The fourth-order valence-corrected chi connectivity index (χ4v) is 6.33. The molecule has 3 aromatic rings. The molecule has 0 heterocycles. The summed E-state index contributed by atoms with van der Waals surface area (Å²) in [5, 5.41) is 4.32. The lowest BCUT2D eigenvalue weighted by atomic mass is 10.0. The van der Waals surface area contributed by atoms with Crippen molar-refractivity contribution in [3.8, 4) is 0 Å². The van der Waals surface area contributed by atoms with Crippen molar-refractivity contribution in [2.45, 2.75) is 65.1 Å². The first-order valence-corrected chi connectivity index (χ1v) is 17.1. The van der Waals surface area contributed by atoms with Gasteiger partial charge in [0.1, 0.15) is 6.04 Å². The first kappa shape index (κ1) is 34.7. The molecule has 0 spiro atoms. The molecule has 0 saturated heterocycles. The van der Waals surface area contributed by atoms with E-state index in [2.05, 4.69) is 5.32 Å². The lowest BCUT2D eigenvalue weighted by Crippen LogP contribution is -2.52. The van der Waals surface area contributed by atoms with Gasteiger partial charge in [0.15, 0.2) is 0 Å². The van der Waals surface area contributed by atoms with E-state index in [-0.39, 0.29) is 50.2 Å². The van der Waals surface area contributed by atoms with E-state index >= 15 is 0 Å². The van der Waals surface area contributed by atoms with Crippen LogP contribution >= 0.6 is 34.8 Å². The largest absolute Gasteiger partial charge is 0.352 e. The molecule has 0 fully saturated rings. The highest BCUT2D eigenvalue weighted by Gasteiger charge is 2.31. The van der Waals surface area contributed by atoms with Gasteiger partial charge in [-0.05, 0) is 67.6 Å². The van der Waals surface area contributed by atoms with Crippen LogP contribution in [0.5, 0.6) is 0 Å². The summed E-state index contributed by atoms with van der Waals surface area (Å²) in [5.74, 6) is -0.577. The maximum absolute atomic E-state index is 14.0. The van der Waals surface area contributed by atoms with E-state index < -0.39 is 16.1 Å². The van der Waals surface area contributed by atoms with Crippen molar-refractivity contribution in [1.82, 2.24) is 10.2 Å². The molecule has 232 valence electrons. The van der Waals surface area contributed by atoms with Gasteiger partial charge in [0, 0.05) is 47.0 Å². The summed E-state index contributed by atoms with van der Waals surface area (Å²) < 4.78 is 26.8. The Kier molecular flexibility index (Phi) is 12.8. The van der Waals surface area contributed by atoms with E-state index in [0.717, 1.165) is 18.2 Å². The molecule has 43 heavy (non-hydrogen) atoms. The number of rotatable bonds is 14. The summed E-state index contributed by atoms with van der Waals surface area (Å²) in [7, 11) is -3.66. The SMILES string of the molecule is CC[C@@H](C)NC(=O)[C@H](Cc1ccccc1)N(Cc1ccc(Cl)cc1Cl)C(=O)CCCN(c1cccc(Cl)c1C)S(C)(=O)=O. The van der Waals surface area contributed by atoms with Crippen LogP contribution in [0.15, 0.2) is 66.7 Å². The second kappa shape index (κ2) is 15.8. The maximum Gasteiger partial charge on any atom is 0.243 e. The number of nitrogens with zero attached hydrogens (tertiary/aromatic N) is 2. The van der Waals surface area contributed by atoms with Gasteiger partial charge in [-0.1, -0.05) is 84.2 Å². The minimum Gasteiger partial charge on any atom is -0.352 e. The second-order valence-corrected chi connectivity index (χ2v) is 13.8. The number of sulfonamides is 1. The molecule has 2 atom stereocenters. The molecule has 1 N–H and O–H groups in total. The molecule has 0 unspecified atom stereocenters. The monoisotopic (exact) mass is 665 g/mol. The molecular formula is C32H38Cl3N3O4S. The van der Waals surface area contributed by atoms with Crippen molar-refractivity contribution in [2.75, 3.05) is 17.1 Å². The summed E-state index contributed by atoms with van der Waals surface area (Å²) in [4.78, 5) is 29.2. The van der Waals surface area contributed by atoms with Gasteiger partial charge in [-0.3, -0.25) is 13.9 Å². The van der Waals surface area contributed by atoms with E-state index in [4.69, 9.17) is 34.8 Å². The van der Waals surface area contributed by atoms with Crippen LogP contribution in [0.3, 0.4) is 0 Å². The van der Waals surface area contributed by atoms with E-state index in [0.29, 0.717) is 31.9 Å². The van der Waals surface area contributed by atoms with Crippen molar-refractivity contribution in [1.29, 1.82) is 0 Å². The Morgan fingerprint density at radius 3 is 2.28 bits per heavy atom. The van der Waals surface area contributed by atoms with Crippen LogP contribution in [0.1, 0.15) is 49.8 Å². The number of hydrogen-bond donors (Lipinski definition) is 1. The average molecular weight is 667 g/mol. The second-order valence-electron chi connectivity index (χ2n) is 10.6. The van der Waals surface area contributed by atoms with Crippen LogP contribution < -0.4 is 9.62 Å². The molecule has 0 radical (unpaired) electrons. The number of carbonyl (C=O) groups is 2. The van der Waals surface area contributed by atoms with Gasteiger partial charge in [-0.2, -0.15) is 0 Å². The van der Waals surface area contributed by atoms with E-state index in [1.54, 1.807) is 43.3 Å². The Bertz CT molecular complexity index is 1520. The van der Waals surface area contributed by atoms with Gasteiger partial charge in [0.25, 0.3) is 0 Å². The van der Waals surface area contributed by atoms with Crippen molar-refractivity contribution >= 4 is 62.3 Å². The molecule has 2 amide bonds. The van der Waals surface area contributed by atoms with E-state index in [9.17, 15) is 18.0 Å². The molecule has 3 rings (SSSR count). The topological polar surface area (TPSA) is 86.8 Å². The van der Waals surface area contributed by atoms with Crippen LogP contribution in [0, 0.1) is 6.92 Å². The highest BCUT2D eigenvalue weighted by molar-refractivity contribution is 7.92. The van der Waals surface area contributed by atoms with Gasteiger partial charge in [0.05, 0.1) is 11.9 Å². The van der Waals surface area contributed by atoms with Crippen LogP contribution in [0.25, 0.3) is 0 Å². The van der Waals surface area contributed by atoms with Crippen LogP contribution in [0.4, 0.5) is 5.69 Å². The van der Waals surface area contributed by atoms with E-state index in [1.807, 2.05) is 44.2 Å². The molecular weight excluding hydrogens is 629 g/mol. The third-order valence-electron chi connectivity index (χ3n) is 7.29. The zero-order valence-electron chi connectivity index (χ0n) is 24.8. The number of benzene rings is 3. The Labute approximate surface area is 270 Å². The Hall–Kier alpha value is -2.78. The predicted octanol–water partition coefficient (Wildman–Crippen LogP) is 7.06. The standard InChI is InChI=1S/C32H38Cl3N3O4S/c1-5-22(2)36-32(40)30(19-24-11-7-6-8-12-24)37(21-25-16-17-26(33)20-28(25)35)31(39)15-10-18-38(43(4,41)42)29-14-9-13-27(34)23(29)3/h6-9,11-14,16-17,20,22,30H,5,10,15,18-19,21H2,1-4H3,(H,36,40)/t22-,30+/m1/s1. The molecule has 11 heteroatoms. The summed E-state index contributed by atoms with van der Waals surface area (Å²) in [6, 6.07) is 18.7. The fraction of sp³-hybridized carbons (Fsp3) is 0.375. The summed E-state index contributed by atoms with van der Waals surface area (Å²) in [5.41, 5.74) is 2.62. The predicted molar refractivity (Wildman–Crippen MR) is 176 cm³/mol. The number of halogens is 3. The number of amides is 2. The summed E-state index contributed by atoms with van der Waals surface area (Å²) in [6.07, 6.45) is 2.36. The van der Waals surface area contributed by atoms with Crippen LogP contribution in [-0.4, -0.2) is 50.0 Å². The fourth-order valence-electron chi connectivity index (χ4n) is 4.68. The van der Waals surface area contributed by atoms with Crippen molar-refractivity contribution in [3.05, 3.63) is 98.5 Å². The first-order chi connectivity index (χ1) is 20.3. The molecule has 0 aliphatic heterocycles. The molecule has 0 aromatic heterocycles. The van der Waals surface area contributed by atoms with Gasteiger partial charge < -0.3 is 10.2 Å². The molecule has 3 aromatic carbocycles. The summed E-state index contributed by atoms with van der Waals surface area (Å²) in [6.45, 7) is 5.77. The van der Waals surface area contributed by atoms with Crippen molar-refractivity contribution in [3.63, 3.8) is 0 Å². The van der Waals surface area contributed by atoms with Gasteiger partial charge in [-0.15, -0.1) is 0 Å². The number of carbonyl (C=O) groups excluding carboxylic acids is 2. The minimum absolute atomic E-state index is 0.00125. The van der Waals surface area contributed by atoms with Gasteiger partial charge >= 0.3 is 0 Å². The molecule has 0 bridgehead atoms. The van der Waals surface area contributed by atoms with E-state index in [1.165, 1.54) is 9.21 Å². The van der Waals surface area contributed by atoms with Crippen LogP contribution in [-0.2, 0) is 32.6 Å². The minimum atomic E-state index is -3.66. The number of anilines is 1. The quantitative estimate of drug-likeness (QED) is 0.200. The zero-order chi connectivity index (χ0) is 31.7. The Morgan fingerprint density at radius 2 is 1.65 bits per heavy atom. The molecule has 0 aliphatic rings. The zero-order valence-corrected chi connectivity index (χ0v) is 27.9. The van der Waals surface area contributed by atoms with Crippen molar-refractivity contribution < 1.29 is 18.0 Å². The molecule has 7 nitrogen and oxygen atoms in total. The normalized spacial score (nSPS) is 12.8. The summed E-state index contributed by atoms with van der Waals surface area (Å²) >= 11 is 18.9. The maximum atomic E-state index is 14.0.